The van der Waals surface area contributed by atoms with Crippen LogP contribution >= 0.6 is 11.8 Å². The molecule has 1 aliphatic carbocycles. The van der Waals surface area contributed by atoms with Gasteiger partial charge in [-0.1, -0.05) is 48.5 Å². The lowest BCUT2D eigenvalue weighted by molar-refractivity contribution is -0.139. The van der Waals surface area contributed by atoms with Gasteiger partial charge in [-0.2, -0.15) is 11.8 Å². The van der Waals surface area contributed by atoms with Gasteiger partial charge in [-0.3, -0.25) is 9.59 Å². The number of ether oxygens (including phenoxy) is 1. The second kappa shape index (κ2) is 11.1. The molecule has 35 heavy (non-hydrogen) atoms. The molecule has 2 aromatic rings. The van der Waals surface area contributed by atoms with Crippen LogP contribution in [-0.2, 0) is 14.3 Å². The molecule has 0 bridgehead atoms. The molecule has 0 spiro atoms. The highest BCUT2D eigenvalue weighted by Crippen LogP contribution is 2.44. The number of alkyl carbamates (subject to hydrolysis) is 1. The van der Waals surface area contributed by atoms with Gasteiger partial charge in [0.15, 0.2) is 0 Å². The summed E-state index contributed by atoms with van der Waals surface area (Å²) in [5.74, 6) is 0.0757. The average Bonchev–Trinajstić information content (AvgIpc) is 3.15. The van der Waals surface area contributed by atoms with Crippen molar-refractivity contribution in [3.63, 3.8) is 0 Å². The van der Waals surface area contributed by atoms with E-state index in [0.717, 1.165) is 33.8 Å². The van der Waals surface area contributed by atoms with E-state index in [4.69, 9.17) is 9.84 Å². The van der Waals surface area contributed by atoms with Gasteiger partial charge >= 0.3 is 12.1 Å². The quantitative estimate of drug-likeness (QED) is 0.419. The predicted octanol–water partition coefficient (Wildman–Crippen LogP) is 3.13. The molecule has 4 rings (SSSR count). The molecule has 9 heteroatoms. The normalized spacial score (nSPS) is 17.1. The zero-order chi connectivity index (χ0) is 24.8. The second-order valence-electron chi connectivity index (χ2n) is 9.08. The minimum atomic E-state index is -1.16. The van der Waals surface area contributed by atoms with Crippen LogP contribution in [0.1, 0.15) is 42.7 Å². The van der Waals surface area contributed by atoms with E-state index in [2.05, 4.69) is 34.9 Å². The number of fused-ring (bicyclic) bond motifs is 3. The number of carboxylic acids is 1. The van der Waals surface area contributed by atoms with Crippen LogP contribution in [0.15, 0.2) is 48.5 Å². The third-order valence-electron chi connectivity index (χ3n) is 6.60. The highest BCUT2D eigenvalue weighted by molar-refractivity contribution is 7.99. The maximum Gasteiger partial charge on any atom is 0.407 e. The Hall–Kier alpha value is -3.04. The molecule has 0 saturated carbocycles. The van der Waals surface area contributed by atoms with E-state index >= 15 is 0 Å². The van der Waals surface area contributed by atoms with Crippen molar-refractivity contribution < 1.29 is 29.3 Å². The molecule has 1 atom stereocenters. The molecule has 2 aliphatic rings. The number of nitrogens with one attached hydrogen (secondary N) is 2. The summed E-state index contributed by atoms with van der Waals surface area (Å²) in [5, 5.41) is 24.0. The number of carbonyl (C=O) groups excluding carboxylic acids is 2. The molecular formula is C26H30N2O6S. The summed E-state index contributed by atoms with van der Waals surface area (Å²) in [6.07, 6.45) is -0.890. The number of hydrogen-bond donors (Lipinski definition) is 4. The van der Waals surface area contributed by atoms with Crippen LogP contribution in [0, 0.1) is 0 Å². The fourth-order valence-corrected chi connectivity index (χ4v) is 6.11. The molecule has 2 aromatic carbocycles. The van der Waals surface area contributed by atoms with E-state index in [1.165, 1.54) is 0 Å². The van der Waals surface area contributed by atoms with Gasteiger partial charge in [0, 0.05) is 18.9 Å². The van der Waals surface area contributed by atoms with Crippen LogP contribution in [0.25, 0.3) is 11.1 Å². The standard InChI is InChI=1S/C26H30N2O6S/c29-17(13-24(31)32)15-27-23(30)14-26(9-11-35-12-10-26)28-25(33)34-16-22-20-7-3-1-5-18(20)19-6-2-4-8-21(19)22/h1-8,17,22,29H,9-16H2,(H,27,30)(H,28,33)(H,31,32). The number of rotatable bonds is 9. The Morgan fingerprint density at radius 2 is 1.63 bits per heavy atom. The first-order chi connectivity index (χ1) is 16.9. The van der Waals surface area contributed by atoms with Crippen LogP contribution in [0.4, 0.5) is 4.79 Å². The van der Waals surface area contributed by atoms with Crippen LogP contribution in [0.3, 0.4) is 0 Å². The number of aliphatic carboxylic acids is 1. The number of carboxylic acid groups (broad SMARTS) is 1. The number of aliphatic hydroxyl groups excluding tert-OH is 1. The van der Waals surface area contributed by atoms with Crippen molar-refractivity contribution in [3.8, 4) is 11.1 Å². The summed E-state index contributed by atoms with van der Waals surface area (Å²) >= 11 is 1.77. The molecule has 1 fully saturated rings. The SMILES string of the molecule is O=C(O)CC(O)CNC(=O)CC1(NC(=O)OCC2c3ccccc3-c3ccccc32)CCSCC1. The first kappa shape index (κ1) is 25.1. The molecule has 1 heterocycles. The smallest absolute Gasteiger partial charge is 0.407 e. The average molecular weight is 499 g/mol. The summed E-state index contributed by atoms with van der Waals surface area (Å²) in [6, 6.07) is 16.2. The van der Waals surface area contributed by atoms with Crippen molar-refractivity contribution in [2.75, 3.05) is 24.7 Å². The third-order valence-corrected chi connectivity index (χ3v) is 7.59. The first-order valence-electron chi connectivity index (χ1n) is 11.7. The van der Waals surface area contributed by atoms with E-state index in [-0.39, 0.29) is 31.4 Å². The Kier molecular flexibility index (Phi) is 7.97. The fourth-order valence-electron chi connectivity index (χ4n) is 4.83. The maximum absolute atomic E-state index is 12.9. The molecule has 186 valence electrons. The molecule has 1 aliphatic heterocycles. The van der Waals surface area contributed by atoms with E-state index in [1.807, 2.05) is 24.3 Å². The van der Waals surface area contributed by atoms with Gasteiger partial charge in [0.25, 0.3) is 0 Å². The third kappa shape index (κ3) is 6.15. The summed E-state index contributed by atoms with van der Waals surface area (Å²) in [4.78, 5) is 36.2. The lowest BCUT2D eigenvalue weighted by Gasteiger charge is -2.37. The van der Waals surface area contributed by atoms with E-state index in [0.29, 0.717) is 12.8 Å². The van der Waals surface area contributed by atoms with E-state index in [9.17, 15) is 19.5 Å². The van der Waals surface area contributed by atoms with Crippen molar-refractivity contribution >= 4 is 29.7 Å². The van der Waals surface area contributed by atoms with Gasteiger partial charge in [-0.25, -0.2) is 4.79 Å². The summed E-state index contributed by atoms with van der Waals surface area (Å²) in [7, 11) is 0. The minimum absolute atomic E-state index is 0.0392. The highest BCUT2D eigenvalue weighted by atomic mass is 32.2. The van der Waals surface area contributed by atoms with Crippen LogP contribution in [-0.4, -0.2) is 64.5 Å². The van der Waals surface area contributed by atoms with Crippen molar-refractivity contribution in [2.45, 2.75) is 43.2 Å². The van der Waals surface area contributed by atoms with Gasteiger partial charge in [0.05, 0.1) is 18.1 Å². The molecule has 0 radical (unpaired) electrons. The van der Waals surface area contributed by atoms with E-state index < -0.39 is 30.1 Å². The molecule has 4 N–H and O–H groups in total. The van der Waals surface area contributed by atoms with Crippen LogP contribution < -0.4 is 10.6 Å². The predicted molar refractivity (Wildman–Crippen MR) is 133 cm³/mol. The van der Waals surface area contributed by atoms with E-state index in [1.54, 1.807) is 11.8 Å². The molecule has 2 amide bonds. The number of carbonyl (C=O) groups is 3. The summed E-state index contributed by atoms with van der Waals surface area (Å²) in [5.41, 5.74) is 3.82. The maximum atomic E-state index is 12.9. The number of hydrogen-bond acceptors (Lipinski definition) is 6. The Balaban J connectivity index is 1.37. The molecule has 1 unspecified atom stereocenters. The first-order valence-corrected chi connectivity index (χ1v) is 12.9. The topological polar surface area (TPSA) is 125 Å². The van der Waals surface area contributed by atoms with Gasteiger partial charge < -0.3 is 25.6 Å². The summed E-state index contributed by atoms with van der Waals surface area (Å²) < 4.78 is 5.70. The van der Waals surface area contributed by atoms with Crippen molar-refractivity contribution in [3.05, 3.63) is 59.7 Å². The number of thioether (sulfide) groups is 1. The number of amides is 2. The Bertz CT molecular complexity index is 1040. The molecule has 1 saturated heterocycles. The Morgan fingerprint density at radius 3 is 2.23 bits per heavy atom. The number of benzene rings is 2. The lowest BCUT2D eigenvalue weighted by Crippen LogP contribution is -2.54. The number of aliphatic hydroxyl groups is 1. The van der Waals surface area contributed by atoms with Crippen molar-refractivity contribution in [2.24, 2.45) is 0 Å². The monoisotopic (exact) mass is 498 g/mol. The van der Waals surface area contributed by atoms with Crippen molar-refractivity contribution in [1.82, 2.24) is 10.6 Å². The Morgan fingerprint density at radius 1 is 1.03 bits per heavy atom. The van der Waals surface area contributed by atoms with Gasteiger partial charge in [-0.15, -0.1) is 0 Å². The van der Waals surface area contributed by atoms with Crippen LogP contribution in [0.2, 0.25) is 0 Å². The molecule has 0 aromatic heterocycles. The Labute approximate surface area is 208 Å². The van der Waals surface area contributed by atoms with Gasteiger partial charge in [-0.05, 0) is 46.6 Å². The minimum Gasteiger partial charge on any atom is -0.481 e. The largest absolute Gasteiger partial charge is 0.481 e. The van der Waals surface area contributed by atoms with Crippen molar-refractivity contribution in [1.29, 1.82) is 0 Å². The zero-order valence-corrected chi connectivity index (χ0v) is 20.2. The highest BCUT2D eigenvalue weighted by Gasteiger charge is 2.37. The van der Waals surface area contributed by atoms with Gasteiger partial charge in [0.1, 0.15) is 6.61 Å². The molecule has 8 nitrogen and oxygen atoms in total. The summed E-state index contributed by atoms with van der Waals surface area (Å²) in [6.45, 7) is 0.0408. The molecular weight excluding hydrogens is 468 g/mol. The fraction of sp³-hybridized carbons (Fsp3) is 0.423. The van der Waals surface area contributed by atoms with Crippen LogP contribution in [0.5, 0.6) is 0 Å². The zero-order valence-electron chi connectivity index (χ0n) is 19.4. The van der Waals surface area contributed by atoms with Gasteiger partial charge in [0.2, 0.25) is 5.91 Å². The second-order valence-corrected chi connectivity index (χ2v) is 10.3. The lowest BCUT2D eigenvalue weighted by atomic mass is 9.88.